The van der Waals surface area contributed by atoms with Crippen molar-refractivity contribution in [2.45, 2.75) is 26.5 Å². The molecule has 0 saturated carbocycles. The van der Waals surface area contributed by atoms with Crippen molar-refractivity contribution < 1.29 is 14.6 Å². The van der Waals surface area contributed by atoms with E-state index in [4.69, 9.17) is 4.74 Å². The molecule has 0 amide bonds. The molecule has 1 atom stereocenters. The van der Waals surface area contributed by atoms with Crippen molar-refractivity contribution in [2.24, 2.45) is 5.18 Å². The molecule has 0 aliphatic heterocycles. The first-order valence-corrected chi connectivity index (χ1v) is 6.53. The van der Waals surface area contributed by atoms with Gasteiger partial charge in [0.15, 0.2) is 0 Å². The molecule has 8 nitrogen and oxygen atoms in total. The highest BCUT2D eigenvalue weighted by molar-refractivity contribution is 5.65. The Morgan fingerprint density at radius 3 is 2.59 bits per heavy atom. The van der Waals surface area contributed by atoms with E-state index < -0.39 is 17.7 Å². The molecule has 1 aromatic heterocycles. The lowest BCUT2D eigenvalue weighted by Gasteiger charge is -2.07. The normalized spacial score (nSPS) is 11.9. The fourth-order valence-corrected chi connectivity index (χ4v) is 1.95. The van der Waals surface area contributed by atoms with E-state index in [-0.39, 0.29) is 18.2 Å². The number of hydrogen-bond acceptors (Lipinski definition) is 6. The third-order valence-electron chi connectivity index (χ3n) is 3.15. The lowest BCUT2D eigenvalue weighted by molar-refractivity contribution is -0.142. The van der Waals surface area contributed by atoms with Gasteiger partial charge in [0.2, 0.25) is 5.88 Å². The van der Waals surface area contributed by atoms with Gasteiger partial charge in [0.25, 0.3) is 0 Å². The number of carbonyl (C=O) groups is 1. The molecule has 0 spiro atoms. The summed E-state index contributed by atoms with van der Waals surface area (Å²) < 4.78 is 5.79. The SMILES string of the molecule is CC(=O)OCc1[nH]c(=O)n(-c2ccc(C(C)N=O)cc2)c1O. The lowest BCUT2D eigenvalue weighted by Crippen LogP contribution is -2.14. The van der Waals surface area contributed by atoms with E-state index in [0.29, 0.717) is 11.3 Å². The summed E-state index contributed by atoms with van der Waals surface area (Å²) in [5, 5.41) is 13.0. The van der Waals surface area contributed by atoms with E-state index in [1.54, 1.807) is 31.2 Å². The first-order valence-electron chi connectivity index (χ1n) is 6.53. The predicted molar refractivity (Wildman–Crippen MR) is 77.7 cm³/mol. The summed E-state index contributed by atoms with van der Waals surface area (Å²) >= 11 is 0. The average Bonchev–Trinajstić information content (AvgIpc) is 2.79. The second kappa shape index (κ2) is 6.25. The third kappa shape index (κ3) is 3.05. The summed E-state index contributed by atoms with van der Waals surface area (Å²) in [4.78, 5) is 35.6. The number of ether oxygens (including phenoxy) is 1. The molecule has 2 N–H and O–H groups in total. The largest absolute Gasteiger partial charge is 0.493 e. The van der Waals surface area contributed by atoms with Crippen LogP contribution in [0.25, 0.3) is 5.69 Å². The van der Waals surface area contributed by atoms with Crippen molar-refractivity contribution in [3.63, 3.8) is 0 Å². The number of nitrogens with zero attached hydrogens (tertiary/aromatic N) is 2. The zero-order chi connectivity index (χ0) is 16.3. The van der Waals surface area contributed by atoms with Crippen molar-refractivity contribution >= 4 is 5.97 Å². The molecule has 0 saturated heterocycles. The topological polar surface area (TPSA) is 114 Å². The van der Waals surface area contributed by atoms with Crippen LogP contribution in [0.2, 0.25) is 0 Å². The van der Waals surface area contributed by atoms with Crippen LogP contribution in [-0.4, -0.2) is 20.6 Å². The van der Waals surface area contributed by atoms with E-state index in [1.165, 1.54) is 6.92 Å². The Labute approximate surface area is 125 Å². The van der Waals surface area contributed by atoms with Crippen LogP contribution in [0.1, 0.15) is 31.1 Å². The van der Waals surface area contributed by atoms with Gasteiger partial charge in [-0.15, -0.1) is 0 Å². The van der Waals surface area contributed by atoms with Crippen molar-refractivity contribution in [3.8, 4) is 11.6 Å². The van der Waals surface area contributed by atoms with Gasteiger partial charge in [0.1, 0.15) is 18.3 Å². The van der Waals surface area contributed by atoms with Crippen molar-refractivity contribution in [1.82, 2.24) is 9.55 Å². The number of imidazole rings is 1. The molecule has 2 rings (SSSR count). The van der Waals surface area contributed by atoms with Crippen LogP contribution in [0, 0.1) is 4.91 Å². The second-order valence-electron chi connectivity index (χ2n) is 4.72. The minimum Gasteiger partial charge on any atom is -0.493 e. The van der Waals surface area contributed by atoms with Crippen LogP contribution < -0.4 is 5.69 Å². The second-order valence-corrected chi connectivity index (χ2v) is 4.72. The van der Waals surface area contributed by atoms with Gasteiger partial charge in [-0.25, -0.2) is 9.36 Å². The third-order valence-corrected chi connectivity index (χ3v) is 3.15. The van der Waals surface area contributed by atoms with Gasteiger partial charge in [0.05, 0.1) is 5.69 Å². The zero-order valence-electron chi connectivity index (χ0n) is 12.1. The van der Waals surface area contributed by atoms with Crippen molar-refractivity contribution in [2.75, 3.05) is 0 Å². The summed E-state index contributed by atoms with van der Waals surface area (Å²) in [6.07, 6.45) is 0. The van der Waals surface area contributed by atoms with Crippen LogP contribution >= 0.6 is 0 Å². The van der Waals surface area contributed by atoms with Gasteiger partial charge in [-0.2, -0.15) is 4.91 Å². The number of hydrogen-bond donors (Lipinski definition) is 2. The Balaban J connectivity index is 2.34. The number of nitroso groups, excluding NO2 is 1. The van der Waals surface area contributed by atoms with Crippen molar-refractivity contribution in [3.05, 3.63) is 50.9 Å². The molecule has 0 aliphatic rings. The lowest BCUT2D eigenvalue weighted by atomic mass is 10.1. The van der Waals surface area contributed by atoms with E-state index >= 15 is 0 Å². The number of esters is 1. The van der Waals surface area contributed by atoms with E-state index in [1.807, 2.05) is 0 Å². The van der Waals surface area contributed by atoms with Gasteiger partial charge in [-0.05, 0) is 24.6 Å². The quantitative estimate of drug-likeness (QED) is 0.645. The van der Waals surface area contributed by atoms with E-state index in [9.17, 15) is 19.6 Å². The predicted octanol–water partition coefficient (Wildman–Crippen LogP) is 1.76. The Morgan fingerprint density at radius 2 is 2.05 bits per heavy atom. The molecule has 1 unspecified atom stereocenters. The minimum atomic E-state index is -0.561. The highest BCUT2D eigenvalue weighted by Crippen LogP contribution is 2.22. The summed E-state index contributed by atoms with van der Waals surface area (Å²) in [7, 11) is 0. The van der Waals surface area contributed by atoms with Crippen LogP contribution in [-0.2, 0) is 16.1 Å². The Kier molecular flexibility index (Phi) is 4.40. The molecule has 2 aromatic rings. The Bertz CT molecular complexity index is 745. The number of nitrogens with one attached hydrogen (secondary N) is 1. The van der Waals surface area contributed by atoms with Gasteiger partial charge in [-0.1, -0.05) is 17.3 Å². The first-order chi connectivity index (χ1) is 10.4. The zero-order valence-corrected chi connectivity index (χ0v) is 12.1. The monoisotopic (exact) mass is 305 g/mol. The van der Waals surface area contributed by atoms with Crippen LogP contribution in [0.15, 0.2) is 34.2 Å². The molecule has 22 heavy (non-hydrogen) atoms. The van der Waals surface area contributed by atoms with Crippen LogP contribution in [0.3, 0.4) is 0 Å². The Morgan fingerprint density at radius 1 is 1.41 bits per heavy atom. The minimum absolute atomic E-state index is 0.104. The van der Waals surface area contributed by atoms with Crippen molar-refractivity contribution in [1.29, 1.82) is 0 Å². The fourth-order valence-electron chi connectivity index (χ4n) is 1.95. The summed E-state index contributed by atoms with van der Waals surface area (Å²) in [6, 6.07) is 5.96. The van der Waals surface area contributed by atoms with Gasteiger partial charge in [-0.3, -0.25) is 4.79 Å². The van der Waals surface area contributed by atoms with Crippen LogP contribution in [0.5, 0.6) is 5.88 Å². The molecule has 0 bridgehead atoms. The number of aromatic hydroxyl groups is 1. The number of rotatable bonds is 5. The highest BCUT2D eigenvalue weighted by Gasteiger charge is 2.16. The van der Waals surface area contributed by atoms with Gasteiger partial charge < -0.3 is 14.8 Å². The summed E-state index contributed by atoms with van der Waals surface area (Å²) in [6.45, 7) is 2.65. The summed E-state index contributed by atoms with van der Waals surface area (Å²) in [5.74, 6) is -0.853. The molecule has 0 fully saturated rings. The average molecular weight is 305 g/mol. The maximum absolute atomic E-state index is 11.9. The molecular weight excluding hydrogens is 290 g/mol. The van der Waals surface area contributed by atoms with Crippen LogP contribution in [0.4, 0.5) is 0 Å². The maximum Gasteiger partial charge on any atom is 0.333 e. The Hall–Kier alpha value is -2.90. The number of H-pyrrole nitrogens is 1. The molecule has 0 radical (unpaired) electrons. The number of benzene rings is 1. The van der Waals surface area contributed by atoms with E-state index in [0.717, 1.165) is 4.57 Å². The number of aromatic amines is 1. The molecule has 0 aliphatic carbocycles. The van der Waals surface area contributed by atoms with Gasteiger partial charge in [0, 0.05) is 6.92 Å². The summed E-state index contributed by atoms with van der Waals surface area (Å²) in [5.41, 5.74) is 0.651. The molecule has 116 valence electrons. The van der Waals surface area contributed by atoms with Gasteiger partial charge >= 0.3 is 11.7 Å². The first kappa shape index (κ1) is 15.5. The number of carbonyl (C=O) groups excluding carboxylic acids is 1. The molecule has 8 heteroatoms. The molecular formula is C14H15N3O5. The fraction of sp³-hybridized carbons (Fsp3) is 0.286. The number of aromatic nitrogens is 2. The van der Waals surface area contributed by atoms with E-state index in [2.05, 4.69) is 10.2 Å². The standard InChI is InChI=1S/C14H15N3O5/c1-8(16-21)10-3-5-11(6-4-10)17-13(19)12(15-14(17)20)7-22-9(2)18/h3-6,8,19H,7H2,1-2H3,(H,15,20). The highest BCUT2D eigenvalue weighted by atomic mass is 16.5. The smallest absolute Gasteiger partial charge is 0.333 e. The molecule has 1 heterocycles. The maximum atomic E-state index is 11.9. The molecule has 1 aromatic carbocycles.